The van der Waals surface area contributed by atoms with Crippen molar-refractivity contribution < 1.29 is 14.4 Å². The largest absolute Gasteiger partial charge is 0.326 e. The molecular formula is C24H22ClN3O3. The van der Waals surface area contributed by atoms with Crippen molar-refractivity contribution in [3.8, 4) is 0 Å². The average molecular weight is 436 g/mol. The topological polar surface area (TPSA) is 87.3 Å². The Balaban J connectivity index is 1.45. The van der Waals surface area contributed by atoms with Crippen LogP contribution in [0.2, 0.25) is 5.02 Å². The molecule has 0 heterocycles. The molecule has 0 fully saturated rings. The monoisotopic (exact) mass is 435 g/mol. The van der Waals surface area contributed by atoms with Gasteiger partial charge < -0.3 is 5.32 Å². The highest BCUT2D eigenvalue weighted by Crippen LogP contribution is 2.23. The minimum absolute atomic E-state index is 0.0283. The molecule has 3 N–H and O–H groups in total. The van der Waals surface area contributed by atoms with Gasteiger partial charge in [0.2, 0.25) is 11.8 Å². The number of carbonyl (C=O) groups is 3. The van der Waals surface area contributed by atoms with Gasteiger partial charge in [-0.3, -0.25) is 25.2 Å². The van der Waals surface area contributed by atoms with Gasteiger partial charge in [0.25, 0.3) is 5.91 Å². The van der Waals surface area contributed by atoms with Gasteiger partial charge in [0.1, 0.15) is 0 Å². The maximum absolute atomic E-state index is 12.1. The minimum Gasteiger partial charge on any atom is -0.326 e. The van der Waals surface area contributed by atoms with Crippen LogP contribution < -0.4 is 16.2 Å². The van der Waals surface area contributed by atoms with Crippen molar-refractivity contribution in [2.24, 2.45) is 0 Å². The van der Waals surface area contributed by atoms with Crippen LogP contribution in [0.5, 0.6) is 0 Å². The van der Waals surface area contributed by atoms with E-state index in [1.807, 2.05) is 42.5 Å². The second kappa shape index (κ2) is 10.4. The predicted octanol–water partition coefficient (Wildman–Crippen LogP) is 4.38. The number of anilines is 1. The molecule has 0 radical (unpaired) electrons. The van der Waals surface area contributed by atoms with Gasteiger partial charge in [-0.1, -0.05) is 60.1 Å². The molecular weight excluding hydrogens is 414 g/mol. The fraction of sp³-hybridized carbons (Fsp3) is 0.125. The van der Waals surface area contributed by atoms with E-state index < -0.39 is 11.8 Å². The van der Waals surface area contributed by atoms with Crippen LogP contribution in [0.25, 0.3) is 16.8 Å². The van der Waals surface area contributed by atoms with Crippen LogP contribution in [0.4, 0.5) is 5.69 Å². The van der Waals surface area contributed by atoms with E-state index in [-0.39, 0.29) is 18.7 Å². The molecule has 0 aliphatic heterocycles. The van der Waals surface area contributed by atoms with Crippen molar-refractivity contribution >= 4 is 51.9 Å². The molecule has 0 unspecified atom stereocenters. The number of halogens is 1. The summed E-state index contributed by atoms with van der Waals surface area (Å²) in [6.45, 7) is 1.80. The molecule has 0 bridgehead atoms. The van der Waals surface area contributed by atoms with Crippen LogP contribution in [0.15, 0.2) is 66.7 Å². The molecule has 6 nitrogen and oxygen atoms in total. The minimum atomic E-state index is -0.472. The molecule has 0 aliphatic rings. The molecule has 3 amide bonds. The Kier molecular flexibility index (Phi) is 7.40. The van der Waals surface area contributed by atoms with Crippen LogP contribution in [0, 0.1) is 6.92 Å². The summed E-state index contributed by atoms with van der Waals surface area (Å²) in [6, 6.07) is 18.9. The van der Waals surface area contributed by atoms with Crippen LogP contribution in [-0.2, 0) is 14.4 Å². The van der Waals surface area contributed by atoms with E-state index >= 15 is 0 Å². The van der Waals surface area contributed by atoms with Crippen LogP contribution in [0.3, 0.4) is 0 Å². The Morgan fingerprint density at radius 2 is 1.58 bits per heavy atom. The lowest BCUT2D eigenvalue weighted by molar-refractivity contribution is -0.128. The number of fused-ring (bicyclic) bond motifs is 1. The summed E-state index contributed by atoms with van der Waals surface area (Å²) in [6.07, 6.45) is 2.93. The van der Waals surface area contributed by atoms with E-state index in [9.17, 15) is 14.4 Å². The van der Waals surface area contributed by atoms with Gasteiger partial charge in [0.05, 0.1) is 0 Å². The molecule has 0 aliphatic carbocycles. The summed E-state index contributed by atoms with van der Waals surface area (Å²) in [7, 11) is 0. The Morgan fingerprint density at radius 3 is 2.42 bits per heavy atom. The number of nitrogens with one attached hydrogen (secondary N) is 3. The number of amides is 3. The molecule has 0 spiro atoms. The molecule has 7 heteroatoms. The number of carbonyl (C=O) groups excluding carboxylic acids is 3. The normalized spacial score (nSPS) is 10.8. The van der Waals surface area contributed by atoms with E-state index in [0.717, 1.165) is 21.9 Å². The molecule has 0 saturated carbocycles. The summed E-state index contributed by atoms with van der Waals surface area (Å²) >= 11 is 6.03. The van der Waals surface area contributed by atoms with Crippen LogP contribution >= 0.6 is 11.6 Å². The first kappa shape index (κ1) is 22.1. The Hall–Kier alpha value is -3.64. The van der Waals surface area contributed by atoms with E-state index in [2.05, 4.69) is 16.2 Å². The molecule has 0 aromatic heterocycles. The van der Waals surface area contributed by atoms with Crippen molar-refractivity contribution in [3.05, 3.63) is 82.9 Å². The second-order valence-electron chi connectivity index (χ2n) is 6.90. The second-order valence-corrected chi connectivity index (χ2v) is 7.31. The number of benzene rings is 3. The molecule has 0 saturated heterocycles. The number of hydrogen-bond donors (Lipinski definition) is 3. The lowest BCUT2D eigenvalue weighted by atomic mass is 10.0. The Labute approximate surface area is 185 Å². The van der Waals surface area contributed by atoms with Gasteiger partial charge in [0.15, 0.2) is 0 Å². The molecule has 3 rings (SSSR count). The third-order valence-electron chi connectivity index (χ3n) is 4.68. The first-order valence-corrected chi connectivity index (χ1v) is 10.1. The zero-order valence-corrected chi connectivity index (χ0v) is 17.7. The lowest BCUT2D eigenvalue weighted by Gasteiger charge is -2.09. The van der Waals surface area contributed by atoms with Gasteiger partial charge in [0, 0.05) is 29.6 Å². The zero-order valence-electron chi connectivity index (χ0n) is 16.9. The van der Waals surface area contributed by atoms with Crippen molar-refractivity contribution in [3.63, 3.8) is 0 Å². The standard InChI is InChI=1S/C24H22ClN3O3/c1-16-20(25)10-5-11-21(16)26-22(29)14-15-24(31)28-27-23(30)13-12-18-8-4-7-17-6-2-3-9-19(17)18/h2-13H,14-15H2,1H3,(H,26,29)(H,27,30)(H,28,31). The van der Waals surface area contributed by atoms with Crippen LogP contribution in [-0.4, -0.2) is 17.7 Å². The SMILES string of the molecule is Cc1c(Cl)cccc1NC(=O)CCC(=O)NNC(=O)C=Cc1cccc2ccccc12. The highest BCUT2D eigenvalue weighted by Gasteiger charge is 2.10. The smallest absolute Gasteiger partial charge is 0.262 e. The van der Waals surface area contributed by atoms with E-state index in [4.69, 9.17) is 11.6 Å². The van der Waals surface area contributed by atoms with Gasteiger partial charge in [-0.25, -0.2) is 0 Å². The van der Waals surface area contributed by atoms with E-state index in [1.165, 1.54) is 6.08 Å². The summed E-state index contributed by atoms with van der Waals surface area (Å²) in [4.78, 5) is 36.0. The van der Waals surface area contributed by atoms with Crippen molar-refractivity contribution in [1.29, 1.82) is 0 Å². The highest BCUT2D eigenvalue weighted by molar-refractivity contribution is 6.31. The van der Waals surface area contributed by atoms with Crippen molar-refractivity contribution in [1.82, 2.24) is 10.9 Å². The van der Waals surface area contributed by atoms with Crippen molar-refractivity contribution in [2.45, 2.75) is 19.8 Å². The number of rotatable bonds is 6. The van der Waals surface area contributed by atoms with E-state index in [0.29, 0.717) is 10.7 Å². The predicted molar refractivity (Wildman–Crippen MR) is 123 cm³/mol. The third kappa shape index (κ3) is 6.17. The van der Waals surface area contributed by atoms with Crippen LogP contribution in [0.1, 0.15) is 24.0 Å². The van der Waals surface area contributed by atoms with Crippen molar-refractivity contribution in [2.75, 3.05) is 5.32 Å². The van der Waals surface area contributed by atoms with Gasteiger partial charge in [-0.2, -0.15) is 0 Å². The Bertz CT molecular complexity index is 1150. The highest BCUT2D eigenvalue weighted by atomic mass is 35.5. The van der Waals surface area contributed by atoms with Gasteiger partial charge in [-0.15, -0.1) is 0 Å². The van der Waals surface area contributed by atoms with Gasteiger partial charge in [-0.05, 0) is 47.0 Å². The number of hydrogen-bond acceptors (Lipinski definition) is 3. The molecule has 3 aromatic carbocycles. The summed E-state index contributed by atoms with van der Waals surface area (Å²) < 4.78 is 0. The first-order chi connectivity index (χ1) is 14.9. The fourth-order valence-electron chi connectivity index (χ4n) is 2.98. The van der Waals surface area contributed by atoms with E-state index in [1.54, 1.807) is 31.2 Å². The maximum Gasteiger partial charge on any atom is 0.262 e. The average Bonchev–Trinajstić information content (AvgIpc) is 2.78. The zero-order chi connectivity index (χ0) is 22.2. The molecule has 31 heavy (non-hydrogen) atoms. The molecule has 0 atom stereocenters. The third-order valence-corrected chi connectivity index (χ3v) is 5.09. The maximum atomic E-state index is 12.1. The Morgan fingerprint density at radius 1 is 0.871 bits per heavy atom. The summed E-state index contributed by atoms with van der Waals surface area (Å²) in [5.74, 6) is -1.26. The molecule has 3 aromatic rings. The number of hydrazine groups is 1. The fourth-order valence-corrected chi connectivity index (χ4v) is 3.15. The summed E-state index contributed by atoms with van der Waals surface area (Å²) in [5.41, 5.74) is 6.88. The quantitative estimate of drug-likeness (QED) is 0.396. The first-order valence-electron chi connectivity index (χ1n) is 9.73. The lowest BCUT2D eigenvalue weighted by Crippen LogP contribution is -2.41. The summed E-state index contributed by atoms with van der Waals surface area (Å²) in [5, 5.41) is 5.37. The van der Waals surface area contributed by atoms with Gasteiger partial charge >= 0.3 is 0 Å². The molecule has 158 valence electrons.